The molecule has 0 aliphatic rings. The van der Waals surface area contributed by atoms with Gasteiger partial charge < -0.3 is 20.1 Å². The summed E-state index contributed by atoms with van der Waals surface area (Å²) in [5, 5.41) is 6.82. The van der Waals surface area contributed by atoms with E-state index in [4.69, 9.17) is 4.74 Å². The molecule has 0 aliphatic carbocycles. The molecule has 0 saturated heterocycles. The van der Waals surface area contributed by atoms with Crippen LogP contribution in [0, 0.1) is 0 Å². The Morgan fingerprint density at radius 3 is 2.39 bits per heavy atom. The van der Waals surface area contributed by atoms with Crippen molar-refractivity contribution < 1.29 is 31.1 Å². The number of hydrogen-bond acceptors (Lipinski definition) is 7. The second-order valence-corrected chi connectivity index (χ2v) is 9.26. The summed E-state index contributed by atoms with van der Waals surface area (Å²) in [5.74, 6) is -0.315. The zero-order valence-electron chi connectivity index (χ0n) is 19.9. The normalized spacial score (nSPS) is 11.1. The standard InChI is InChI=1S/C23H21F3N4O4S.3ClH/c1-27-12-15-14-30(35(31,32)18-4-3-9-28-13-18)21-10-16(5-7-19(15)21)29-20-8-6-17(11-22(20)33-2)34-23(24,25)26;;;/h3-11,13-14,27,29H,12H2,1-2H3;3*1H. The maximum absolute atomic E-state index is 13.3. The predicted molar refractivity (Wildman–Crippen MR) is 146 cm³/mol. The van der Waals surface area contributed by atoms with Crippen LogP contribution in [0.15, 0.2) is 72.0 Å². The number of ether oxygens (including phenoxy) is 2. The monoisotopic (exact) mass is 614 g/mol. The number of anilines is 2. The number of benzene rings is 2. The van der Waals surface area contributed by atoms with Crippen LogP contribution in [0.2, 0.25) is 0 Å². The Hall–Kier alpha value is -2.90. The molecule has 38 heavy (non-hydrogen) atoms. The Kier molecular flexibility index (Phi) is 11.6. The summed E-state index contributed by atoms with van der Waals surface area (Å²) in [7, 11) is -0.864. The molecule has 15 heteroatoms. The summed E-state index contributed by atoms with van der Waals surface area (Å²) in [5.41, 5.74) is 2.05. The average Bonchev–Trinajstić information content (AvgIpc) is 3.18. The fourth-order valence-corrected chi connectivity index (χ4v) is 4.96. The number of pyridine rings is 1. The molecule has 0 saturated carbocycles. The van der Waals surface area contributed by atoms with Crippen molar-refractivity contribution in [2.24, 2.45) is 0 Å². The molecule has 0 unspecified atom stereocenters. The van der Waals surface area contributed by atoms with Gasteiger partial charge in [0.15, 0.2) is 0 Å². The van der Waals surface area contributed by atoms with Gasteiger partial charge in [-0.3, -0.25) is 4.98 Å². The fourth-order valence-electron chi connectivity index (χ4n) is 3.61. The molecule has 4 aromatic rings. The Morgan fingerprint density at radius 1 is 1.05 bits per heavy atom. The molecule has 208 valence electrons. The fraction of sp³-hybridized carbons (Fsp3) is 0.174. The van der Waals surface area contributed by atoms with Gasteiger partial charge in [0, 0.05) is 42.3 Å². The first-order valence-corrected chi connectivity index (χ1v) is 11.7. The Bertz CT molecular complexity index is 1470. The summed E-state index contributed by atoms with van der Waals surface area (Å²) in [4.78, 5) is 3.95. The van der Waals surface area contributed by atoms with Crippen molar-refractivity contribution in [1.82, 2.24) is 14.3 Å². The van der Waals surface area contributed by atoms with Crippen molar-refractivity contribution in [1.29, 1.82) is 0 Å². The van der Waals surface area contributed by atoms with Crippen molar-refractivity contribution in [2.45, 2.75) is 17.8 Å². The van der Waals surface area contributed by atoms with E-state index in [1.54, 1.807) is 37.5 Å². The molecule has 0 radical (unpaired) electrons. The van der Waals surface area contributed by atoms with Gasteiger partial charge in [-0.25, -0.2) is 12.4 Å². The van der Waals surface area contributed by atoms with Gasteiger partial charge in [-0.05, 0) is 49.0 Å². The third kappa shape index (κ3) is 7.14. The number of hydrogen-bond donors (Lipinski definition) is 2. The van der Waals surface area contributed by atoms with E-state index in [0.29, 0.717) is 23.4 Å². The highest BCUT2D eigenvalue weighted by atomic mass is 35.5. The lowest BCUT2D eigenvalue weighted by molar-refractivity contribution is -0.274. The minimum Gasteiger partial charge on any atom is -0.494 e. The van der Waals surface area contributed by atoms with Crippen molar-refractivity contribution >= 4 is 69.5 Å². The first-order valence-electron chi connectivity index (χ1n) is 10.3. The molecule has 2 aromatic carbocycles. The van der Waals surface area contributed by atoms with E-state index in [1.807, 2.05) is 0 Å². The van der Waals surface area contributed by atoms with Gasteiger partial charge in [0.2, 0.25) is 0 Å². The first-order chi connectivity index (χ1) is 16.6. The van der Waals surface area contributed by atoms with Crippen LogP contribution in [-0.4, -0.2) is 37.9 Å². The van der Waals surface area contributed by atoms with Crippen molar-refractivity contribution in [3.05, 3.63) is 72.7 Å². The lowest BCUT2D eigenvalue weighted by atomic mass is 10.1. The number of halogens is 6. The zero-order valence-corrected chi connectivity index (χ0v) is 23.1. The van der Waals surface area contributed by atoms with Crippen LogP contribution >= 0.6 is 37.2 Å². The minimum atomic E-state index is -4.83. The van der Waals surface area contributed by atoms with Gasteiger partial charge in [-0.2, -0.15) is 0 Å². The van der Waals surface area contributed by atoms with Gasteiger partial charge in [0.25, 0.3) is 10.0 Å². The van der Waals surface area contributed by atoms with E-state index in [-0.39, 0.29) is 47.9 Å². The van der Waals surface area contributed by atoms with Gasteiger partial charge in [-0.15, -0.1) is 50.4 Å². The van der Waals surface area contributed by atoms with Crippen LogP contribution in [0.1, 0.15) is 5.56 Å². The van der Waals surface area contributed by atoms with E-state index >= 15 is 0 Å². The van der Waals surface area contributed by atoms with Crippen LogP contribution < -0.4 is 20.1 Å². The molecule has 2 aromatic heterocycles. The number of fused-ring (bicyclic) bond motifs is 1. The quantitative estimate of drug-likeness (QED) is 0.255. The molecule has 4 rings (SSSR count). The summed E-state index contributed by atoms with van der Waals surface area (Å²) in [6.07, 6.45) is -0.519. The lowest BCUT2D eigenvalue weighted by Crippen LogP contribution is -2.17. The van der Waals surface area contributed by atoms with Gasteiger partial charge in [0.1, 0.15) is 16.4 Å². The van der Waals surface area contributed by atoms with Crippen LogP contribution in [0.25, 0.3) is 10.9 Å². The zero-order chi connectivity index (χ0) is 25.2. The van der Waals surface area contributed by atoms with Crippen LogP contribution in [0.5, 0.6) is 11.5 Å². The highest BCUT2D eigenvalue weighted by Gasteiger charge is 2.31. The van der Waals surface area contributed by atoms with Gasteiger partial charge in [-0.1, -0.05) is 6.07 Å². The Morgan fingerprint density at radius 2 is 1.79 bits per heavy atom. The van der Waals surface area contributed by atoms with Crippen LogP contribution in [0.3, 0.4) is 0 Å². The Labute approximate surface area is 235 Å². The average molecular weight is 616 g/mol. The molecule has 8 nitrogen and oxygen atoms in total. The number of aromatic nitrogens is 2. The maximum Gasteiger partial charge on any atom is 0.573 e. The van der Waals surface area contributed by atoms with E-state index in [1.165, 1.54) is 35.6 Å². The summed E-state index contributed by atoms with van der Waals surface area (Å²) >= 11 is 0. The Balaban J connectivity index is 0.00000241. The molecule has 0 bridgehead atoms. The van der Waals surface area contributed by atoms with Crippen molar-refractivity contribution in [3.63, 3.8) is 0 Å². The highest BCUT2D eigenvalue weighted by Crippen LogP contribution is 2.35. The smallest absolute Gasteiger partial charge is 0.494 e. The number of methoxy groups -OCH3 is 1. The van der Waals surface area contributed by atoms with Gasteiger partial charge in [0.05, 0.1) is 18.3 Å². The molecule has 0 fully saturated rings. The topological polar surface area (TPSA) is 94.5 Å². The summed E-state index contributed by atoms with van der Waals surface area (Å²) < 4.78 is 74.7. The van der Waals surface area contributed by atoms with Crippen LogP contribution in [-0.2, 0) is 16.6 Å². The number of rotatable bonds is 8. The highest BCUT2D eigenvalue weighted by molar-refractivity contribution is 7.90. The lowest BCUT2D eigenvalue weighted by Gasteiger charge is -2.15. The summed E-state index contributed by atoms with van der Waals surface area (Å²) in [6.45, 7) is 0.438. The minimum absolute atomic E-state index is 0. The van der Waals surface area contributed by atoms with E-state index in [2.05, 4.69) is 20.4 Å². The molecule has 0 amide bonds. The third-order valence-corrected chi connectivity index (χ3v) is 6.76. The third-order valence-electron chi connectivity index (χ3n) is 5.10. The largest absolute Gasteiger partial charge is 0.573 e. The second kappa shape index (κ2) is 13.3. The number of nitrogens with one attached hydrogen (secondary N) is 2. The SMILES string of the molecule is CNCc1cn(S(=O)(=O)c2cccnc2)c2cc(Nc3ccc(OC(F)(F)F)cc3OC)ccc12.Cl.Cl.Cl. The second-order valence-electron chi connectivity index (χ2n) is 7.44. The molecular weight excluding hydrogens is 592 g/mol. The molecule has 0 aliphatic heterocycles. The van der Waals surface area contributed by atoms with E-state index in [9.17, 15) is 21.6 Å². The number of nitrogens with zero attached hydrogens (tertiary/aromatic N) is 2. The number of alkyl halides is 3. The van der Waals surface area contributed by atoms with E-state index < -0.39 is 22.1 Å². The molecule has 2 N–H and O–H groups in total. The van der Waals surface area contributed by atoms with Gasteiger partial charge >= 0.3 is 6.36 Å². The maximum atomic E-state index is 13.3. The first kappa shape index (κ1) is 33.1. The molecule has 2 heterocycles. The van der Waals surface area contributed by atoms with Crippen LogP contribution in [0.4, 0.5) is 24.5 Å². The predicted octanol–water partition coefficient (Wildman–Crippen LogP) is 5.91. The van der Waals surface area contributed by atoms with Crippen molar-refractivity contribution in [2.75, 3.05) is 19.5 Å². The summed E-state index contributed by atoms with van der Waals surface area (Å²) in [6, 6.07) is 11.8. The van der Waals surface area contributed by atoms with E-state index in [0.717, 1.165) is 23.1 Å². The molecule has 0 spiro atoms. The van der Waals surface area contributed by atoms with Crippen molar-refractivity contribution in [3.8, 4) is 11.5 Å². The molecule has 0 atom stereocenters. The molecular formula is C23H24Cl3F3N4O4S.